The molecular weight excluding hydrogens is 264 g/mol. The molecule has 1 fully saturated rings. The van der Waals surface area contributed by atoms with E-state index in [2.05, 4.69) is 10.4 Å². The lowest BCUT2D eigenvalue weighted by molar-refractivity contribution is 0.327. The Balaban J connectivity index is 2.47. The third-order valence-corrected chi connectivity index (χ3v) is 5.66. The van der Waals surface area contributed by atoms with Gasteiger partial charge in [0.1, 0.15) is 0 Å². The normalized spacial score (nSPS) is 24.6. The second-order valence-corrected chi connectivity index (χ2v) is 6.58. The van der Waals surface area contributed by atoms with Crippen LogP contribution in [0.25, 0.3) is 0 Å². The summed E-state index contributed by atoms with van der Waals surface area (Å²) in [5, 5.41) is 0.00435. The highest BCUT2D eigenvalue weighted by atomic mass is 32.2. The number of hydrogen-bond donors (Lipinski definition) is 2. The molecule has 0 saturated carbocycles. The standard InChI is InChI=1S/C12H20N4O2S/c1-3-10-7-6-9(2)16(10)19(17,18)12-11(15-13)5-4-8-14-12/h4-5,8-10,15H,3,6-7,13H2,1-2H3. The van der Waals surface area contributed by atoms with E-state index in [1.807, 2.05) is 13.8 Å². The first-order valence-corrected chi connectivity index (χ1v) is 7.91. The van der Waals surface area contributed by atoms with E-state index >= 15 is 0 Å². The van der Waals surface area contributed by atoms with Gasteiger partial charge in [-0.05, 0) is 38.3 Å². The largest absolute Gasteiger partial charge is 0.321 e. The minimum absolute atomic E-state index is 0.00239. The van der Waals surface area contributed by atoms with Crippen LogP contribution in [0.1, 0.15) is 33.1 Å². The van der Waals surface area contributed by atoms with Gasteiger partial charge in [0.05, 0.1) is 5.69 Å². The van der Waals surface area contributed by atoms with E-state index in [9.17, 15) is 8.42 Å². The minimum Gasteiger partial charge on any atom is -0.321 e. The third-order valence-electron chi connectivity index (χ3n) is 3.63. The van der Waals surface area contributed by atoms with E-state index < -0.39 is 10.0 Å². The highest BCUT2D eigenvalue weighted by Crippen LogP contribution is 2.33. The van der Waals surface area contributed by atoms with Crippen LogP contribution in [0.5, 0.6) is 0 Å². The zero-order valence-electron chi connectivity index (χ0n) is 11.2. The molecule has 2 heterocycles. The molecular formula is C12H20N4O2S. The maximum Gasteiger partial charge on any atom is 0.263 e. The van der Waals surface area contributed by atoms with Crippen molar-refractivity contribution in [3.63, 3.8) is 0 Å². The second kappa shape index (κ2) is 5.44. The average Bonchev–Trinajstić information content (AvgIpc) is 2.80. The van der Waals surface area contributed by atoms with Gasteiger partial charge in [-0.3, -0.25) is 5.84 Å². The zero-order valence-corrected chi connectivity index (χ0v) is 12.0. The topological polar surface area (TPSA) is 88.3 Å². The number of nitrogens with zero attached hydrogens (tertiary/aromatic N) is 2. The van der Waals surface area contributed by atoms with Crippen molar-refractivity contribution >= 4 is 15.7 Å². The molecule has 2 rings (SSSR count). The van der Waals surface area contributed by atoms with E-state index in [0.29, 0.717) is 5.69 Å². The smallest absolute Gasteiger partial charge is 0.263 e. The minimum atomic E-state index is -3.61. The summed E-state index contributed by atoms with van der Waals surface area (Å²) in [4.78, 5) is 4.00. The Morgan fingerprint density at radius 2 is 2.26 bits per heavy atom. The number of pyridine rings is 1. The third kappa shape index (κ3) is 2.45. The fourth-order valence-electron chi connectivity index (χ4n) is 2.67. The fourth-order valence-corrected chi connectivity index (χ4v) is 4.70. The van der Waals surface area contributed by atoms with Gasteiger partial charge >= 0.3 is 0 Å². The number of anilines is 1. The van der Waals surface area contributed by atoms with Crippen LogP contribution in [-0.4, -0.2) is 29.8 Å². The molecule has 3 N–H and O–H groups in total. The molecule has 1 aromatic rings. The lowest BCUT2D eigenvalue weighted by atomic mass is 10.2. The molecule has 1 aliphatic rings. The zero-order chi connectivity index (χ0) is 14.0. The summed E-state index contributed by atoms with van der Waals surface area (Å²) in [6, 6.07) is 3.32. The van der Waals surface area contributed by atoms with Crippen LogP contribution in [0.4, 0.5) is 5.69 Å². The molecule has 7 heteroatoms. The Labute approximate surface area is 114 Å². The van der Waals surface area contributed by atoms with Gasteiger partial charge in [-0.1, -0.05) is 6.92 Å². The van der Waals surface area contributed by atoms with Crippen LogP contribution in [0, 0.1) is 0 Å². The number of hydrogen-bond acceptors (Lipinski definition) is 5. The monoisotopic (exact) mass is 284 g/mol. The van der Waals surface area contributed by atoms with Crippen molar-refractivity contribution in [1.82, 2.24) is 9.29 Å². The van der Waals surface area contributed by atoms with Gasteiger partial charge in [-0.2, -0.15) is 4.31 Å². The fraction of sp³-hybridized carbons (Fsp3) is 0.583. The first-order valence-electron chi connectivity index (χ1n) is 6.47. The van der Waals surface area contributed by atoms with Crippen LogP contribution < -0.4 is 11.3 Å². The predicted octanol–water partition coefficient (Wildman–Crippen LogP) is 1.32. The van der Waals surface area contributed by atoms with E-state index in [1.54, 1.807) is 16.4 Å². The first kappa shape index (κ1) is 14.2. The summed E-state index contributed by atoms with van der Waals surface area (Å²) >= 11 is 0. The Bertz CT molecular complexity index is 546. The van der Waals surface area contributed by atoms with E-state index in [-0.39, 0.29) is 17.1 Å². The van der Waals surface area contributed by atoms with Crippen molar-refractivity contribution in [2.45, 2.75) is 50.2 Å². The summed E-state index contributed by atoms with van der Waals surface area (Å²) in [5.41, 5.74) is 2.73. The number of nitrogens with two attached hydrogens (primary N) is 1. The van der Waals surface area contributed by atoms with Gasteiger partial charge < -0.3 is 5.43 Å². The van der Waals surface area contributed by atoms with Crippen molar-refractivity contribution in [2.75, 3.05) is 5.43 Å². The molecule has 2 unspecified atom stereocenters. The summed E-state index contributed by atoms with van der Waals surface area (Å²) < 4.78 is 27.1. The van der Waals surface area contributed by atoms with Gasteiger partial charge in [0.25, 0.3) is 10.0 Å². The summed E-state index contributed by atoms with van der Waals surface area (Å²) in [7, 11) is -3.61. The van der Waals surface area contributed by atoms with Gasteiger partial charge in [0, 0.05) is 18.3 Å². The van der Waals surface area contributed by atoms with E-state index in [1.165, 1.54) is 6.20 Å². The Morgan fingerprint density at radius 3 is 2.89 bits per heavy atom. The number of aromatic nitrogens is 1. The molecule has 0 aromatic carbocycles. The first-order chi connectivity index (χ1) is 9.02. The van der Waals surface area contributed by atoms with Crippen LogP contribution in [0.2, 0.25) is 0 Å². The molecule has 106 valence electrons. The van der Waals surface area contributed by atoms with E-state index in [0.717, 1.165) is 19.3 Å². The Morgan fingerprint density at radius 1 is 1.53 bits per heavy atom. The van der Waals surface area contributed by atoms with E-state index in [4.69, 9.17) is 5.84 Å². The van der Waals surface area contributed by atoms with Crippen LogP contribution in [0.3, 0.4) is 0 Å². The molecule has 1 saturated heterocycles. The molecule has 19 heavy (non-hydrogen) atoms. The molecule has 0 radical (unpaired) electrons. The Hall–Kier alpha value is -1.18. The number of hydrazine groups is 1. The van der Waals surface area contributed by atoms with Crippen molar-refractivity contribution in [2.24, 2.45) is 5.84 Å². The molecule has 1 aliphatic heterocycles. The second-order valence-electron chi connectivity index (χ2n) is 4.82. The quantitative estimate of drug-likeness (QED) is 0.643. The summed E-state index contributed by atoms with van der Waals surface area (Å²) in [6.45, 7) is 3.94. The molecule has 6 nitrogen and oxygen atoms in total. The molecule has 0 amide bonds. The van der Waals surface area contributed by atoms with Crippen molar-refractivity contribution < 1.29 is 8.42 Å². The molecule has 0 spiro atoms. The maximum atomic E-state index is 12.8. The number of sulfonamides is 1. The van der Waals surface area contributed by atoms with Crippen LogP contribution >= 0.6 is 0 Å². The lowest BCUT2D eigenvalue weighted by Gasteiger charge is -2.27. The average molecular weight is 284 g/mol. The lowest BCUT2D eigenvalue weighted by Crippen LogP contribution is -2.40. The van der Waals surface area contributed by atoms with Crippen LogP contribution in [-0.2, 0) is 10.0 Å². The highest BCUT2D eigenvalue weighted by molar-refractivity contribution is 7.89. The van der Waals surface area contributed by atoms with Crippen molar-refractivity contribution in [3.8, 4) is 0 Å². The van der Waals surface area contributed by atoms with Gasteiger partial charge in [-0.15, -0.1) is 0 Å². The predicted molar refractivity (Wildman–Crippen MR) is 73.8 cm³/mol. The summed E-state index contributed by atoms with van der Waals surface area (Å²) in [6.07, 6.45) is 4.06. The molecule has 2 atom stereocenters. The number of nitrogens with one attached hydrogen (secondary N) is 1. The maximum absolute atomic E-state index is 12.8. The van der Waals surface area contributed by atoms with Crippen molar-refractivity contribution in [3.05, 3.63) is 18.3 Å². The molecule has 0 aliphatic carbocycles. The van der Waals surface area contributed by atoms with Crippen molar-refractivity contribution in [1.29, 1.82) is 0 Å². The number of rotatable bonds is 4. The van der Waals surface area contributed by atoms with Gasteiger partial charge in [0.2, 0.25) is 0 Å². The SMILES string of the molecule is CCC1CCC(C)N1S(=O)(=O)c1ncccc1NN. The van der Waals surface area contributed by atoms with Crippen LogP contribution in [0.15, 0.2) is 23.4 Å². The van der Waals surface area contributed by atoms with Gasteiger partial charge in [0.15, 0.2) is 5.03 Å². The number of nitrogen functional groups attached to an aromatic ring is 1. The molecule has 0 bridgehead atoms. The highest BCUT2D eigenvalue weighted by Gasteiger charge is 2.40. The molecule has 1 aromatic heterocycles. The Kier molecular flexibility index (Phi) is 4.07. The summed E-state index contributed by atoms with van der Waals surface area (Å²) in [5.74, 6) is 5.37. The van der Waals surface area contributed by atoms with Gasteiger partial charge in [-0.25, -0.2) is 13.4 Å².